The largest absolute Gasteiger partial charge is 0.463 e. The third-order valence-corrected chi connectivity index (χ3v) is 4.35. The molecule has 0 aliphatic heterocycles. The Morgan fingerprint density at radius 1 is 1.22 bits per heavy atom. The summed E-state index contributed by atoms with van der Waals surface area (Å²) in [5, 5.41) is 10.0. The molecule has 7 heteroatoms. The highest BCUT2D eigenvalue weighted by molar-refractivity contribution is 5.93. The second-order valence-corrected chi connectivity index (χ2v) is 6.94. The van der Waals surface area contributed by atoms with Gasteiger partial charge >= 0.3 is 0 Å². The molecule has 0 fully saturated rings. The normalized spacial score (nSPS) is 12.6. The van der Waals surface area contributed by atoms with Gasteiger partial charge in [0.1, 0.15) is 11.5 Å². The Hall–Kier alpha value is -3.35. The Bertz CT molecular complexity index is 1010. The standard InChI is InChI=1S/C20H21N5O2/c1-12(2)10-16(19-21-13-6-3-4-7-14(13)22-19)23-20(26)17-11-15(24-25-17)18-8-5-9-27-18/h3-9,11-12,16H,10H2,1-2H3,(H,21,22)(H,23,26)(H,24,25)/t16-/m0/s1. The number of benzene rings is 1. The van der Waals surface area contributed by atoms with Gasteiger partial charge in [0, 0.05) is 6.07 Å². The lowest BCUT2D eigenvalue weighted by molar-refractivity contribution is 0.0925. The van der Waals surface area contributed by atoms with E-state index in [2.05, 4.69) is 39.3 Å². The number of para-hydroxylation sites is 2. The highest BCUT2D eigenvalue weighted by Crippen LogP contribution is 2.23. The smallest absolute Gasteiger partial charge is 0.272 e. The average molecular weight is 363 g/mol. The maximum Gasteiger partial charge on any atom is 0.272 e. The molecule has 0 aliphatic carbocycles. The summed E-state index contributed by atoms with van der Waals surface area (Å²) in [5.41, 5.74) is 2.81. The lowest BCUT2D eigenvalue weighted by Crippen LogP contribution is -2.30. The van der Waals surface area contributed by atoms with Crippen molar-refractivity contribution >= 4 is 16.9 Å². The molecule has 0 bridgehead atoms. The Morgan fingerprint density at radius 3 is 2.81 bits per heavy atom. The van der Waals surface area contributed by atoms with E-state index in [0.29, 0.717) is 23.1 Å². The lowest BCUT2D eigenvalue weighted by Gasteiger charge is -2.18. The quantitative estimate of drug-likeness (QED) is 0.481. The number of nitrogens with zero attached hydrogens (tertiary/aromatic N) is 2. The van der Waals surface area contributed by atoms with Crippen molar-refractivity contribution in [3.63, 3.8) is 0 Å². The summed E-state index contributed by atoms with van der Waals surface area (Å²) in [5.74, 6) is 1.52. The van der Waals surface area contributed by atoms with E-state index < -0.39 is 0 Å². The van der Waals surface area contributed by atoms with Gasteiger partial charge < -0.3 is 14.7 Å². The first kappa shape index (κ1) is 17.1. The molecule has 3 N–H and O–H groups in total. The van der Waals surface area contributed by atoms with Crippen molar-refractivity contribution < 1.29 is 9.21 Å². The molecule has 138 valence electrons. The predicted octanol–water partition coefficient (Wildman–Crippen LogP) is 4.06. The Labute approximate surface area is 156 Å². The van der Waals surface area contributed by atoms with Crippen LogP contribution in [0.3, 0.4) is 0 Å². The fraction of sp³-hybridized carbons (Fsp3) is 0.250. The molecule has 1 atom stereocenters. The van der Waals surface area contributed by atoms with Gasteiger partial charge in [-0.2, -0.15) is 5.10 Å². The van der Waals surface area contributed by atoms with E-state index in [9.17, 15) is 4.79 Å². The minimum absolute atomic E-state index is 0.228. The van der Waals surface area contributed by atoms with E-state index in [1.807, 2.05) is 30.3 Å². The second-order valence-electron chi connectivity index (χ2n) is 6.94. The van der Waals surface area contributed by atoms with Crippen molar-refractivity contribution in [2.24, 2.45) is 5.92 Å². The topological polar surface area (TPSA) is 99.6 Å². The van der Waals surface area contributed by atoms with Crippen molar-refractivity contribution in [2.75, 3.05) is 0 Å². The molecule has 3 heterocycles. The number of hydrogen-bond acceptors (Lipinski definition) is 4. The number of H-pyrrole nitrogens is 2. The van der Waals surface area contributed by atoms with Crippen LogP contribution in [0.25, 0.3) is 22.5 Å². The van der Waals surface area contributed by atoms with Crippen LogP contribution in [0.5, 0.6) is 0 Å². The van der Waals surface area contributed by atoms with Crippen molar-refractivity contribution in [1.82, 2.24) is 25.5 Å². The minimum atomic E-state index is -0.254. The molecule has 0 saturated heterocycles. The zero-order valence-electron chi connectivity index (χ0n) is 15.2. The number of carbonyl (C=O) groups excluding carboxylic acids is 1. The summed E-state index contributed by atoms with van der Waals surface area (Å²) in [4.78, 5) is 20.7. The number of hydrogen-bond donors (Lipinski definition) is 3. The molecule has 0 radical (unpaired) electrons. The van der Waals surface area contributed by atoms with Gasteiger partial charge in [0.2, 0.25) is 0 Å². The maximum absolute atomic E-state index is 12.7. The van der Waals surface area contributed by atoms with Crippen LogP contribution in [0, 0.1) is 5.92 Å². The third-order valence-electron chi connectivity index (χ3n) is 4.35. The minimum Gasteiger partial charge on any atom is -0.463 e. The van der Waals surface area contributed by atoms with Crippen LogP contribution in [0.15, 0.2) is 53.1 Å². The summed E-state index contributed by atoms with van der Waals surface area (Å²) < 4.78 is 5.33. The Balaban J connectivity index is 1.57. The molecule has 0 saturated carbocycles. The summed E-state index contributed by atoms with van der Waals surface area (Å²) in [6.07, 6.45) is 2.34. The number of fused-ring (bicyclic) bond motifs is 1. The zero-order chi connectivity index (χ0) is 18.8. The summed E-state index contributed by atoms with van der Waals surface area (Å²) >= 11 is 0. The number of nitrogens with one attached hydrogen (secondary N) is 3. The highest BCUT2D eigenvalue weighted by atomic mass is 16.3. The summed E-state index contributed by atoms with van der Waals surface area (Å²) in [6.45, 7) is 4.23. The van der Waals surface area contributed by atoms with Crippen LogP contribution < -0.4 is 5.32 Å². The molecule has 4 rings (SSSR count). The number of rotatable bonds is 6. The van der Waals surface area contributed by atoms with Gasteiger partial charge in [-0.15, -0.1) is 0 Å². The van der Waals surface area contributed by atoms with Gasteiger partial charge in [0.25, 0.3) is 5.91 Å². The summed E-state index contributed by atoms with van der Waals surface area (Å²) in [6, 6.07) is 12.9. The van der Waals surface area contributed by atoms with Crippen LogP contribution in [-0.2, 0) is 0 Å². The second kappa shape index (κ2) is 7.11. The lowest BCUT2D eigenvalue weighted by atomic mass is 10.0. The first-order valence-corrected chi connectivity index (χ1v) is 8.95. The Morgan fingerprint density at radius 2 is 2.07 bits per heavy atom. The molecule has 3 aromatic heterocycles. The molecular formula is C20H21N5O2. The van der Waals surface area contributed by atoms with E-state index in [-0.39, 0.29) is 11.9 Å². The monoisotopic (exact) mass is 363 g/mol. The molecule has 7 nitrogen and oxygen atoms in total. The van der Waals surface area contributed by atoms with Gasteiger partial charge in [-0.3, -0.25) is 9.89 Å². The highest BCUT2D eigenvalue weighted by Gasteiger charge is 2.22. The number of furan rings is 1. The van der Waals surface area contributed by atoms with E-state index in [0.717, 1.165) is 23.3 Å². The van der Waals surface area contributed by atoms with E-state index in [1.165, 1.54) is 0 Å². The molecule has 0 spiro atoms. The molecule has 1 amide bonds. The first-order valence-electron chi connectivity index (χ1n) is 8.95. The van der Waals surface area contributed by atoms with E-state index >= 15 is 0 Å². The number of amides is 1. The first-order chi connectivity index (χ1) is 13.1. The van der Waals surface area contributed by atoms with Crippen LogP contribution in [0.2, 0.25) is 0 Å². The fourth-order valence-corrected chi connectivity index (χ4v) is 3.08. The molecule has 27 heavy (non-hydrogen) atoms. The molecule has 1 aromatic carbocycles. The molecular weight excluding hydrogens is 342 g/mol. The average Bonchev–Trinajstić information content (AvgIpc) is 3.39. The van der Waals surface area contributed by atoms with Gasteiger partial charge in [-0.25, -0.2) is 4.98 Å². The number of aromatic amines is 2. The number of carbonyl (C=O) groups is 1. The van der Waals surface area contributed by atoms with Crippen LogP contribution in [-0.4, -0.2) is 26.1 Å². The van der Waals surface area contributed by atoms with Crippen LogP contribution >= 0.6 is 0 Å². The molecule has 0 unspecified atom stereocenters. The summed E-state index contributed by atoms with van der Waals surface area (Å²) in [7, 11) is 0. The van der Waals surface area contributed by atoms with Crippen LogP contribution in [0.4, 0.5) is 0 Å². The van der Waals surface area contributed by atoms with Gasteiger partial charge in [-0.05, 0) is 36.6 Å². The van der Waals surface area contributed by atoms with Gasteiger partial charge in [0.05, 0.1) is 23.3 Å². The third kappa shape index (κ3) is 3.62. The van der Waals surface area contributed by atoms with E-state index in [4.69, 9.17) is 4.42 Å². The SMILES string of the molecule is CC(C)C[C@H](NC(=O)c1cc(-c2ccco2)[nH]n1)c1nc2ccccc2[nH]1. The maximum atomic E-state index is 12.7. The molecule has 4 aromatic rings. The predicted molar refractivity (Wildman–Crippen MR) is 102 cm³/mol. The van der Waals surface area contributed by atoms with E-state index in [1.54, 1.807) is 18.4 Å². The van der Waals surface area contributed by atoms with Crippen molar-refractivity contribution in [1.29, 1.82) is 0 Å². The molecule has 0 aliphatic rings. The van der Waals surface area contributed by atoms with Crippen molar-refractivity contribution in [3.8, 4) is 11.5 Å². The van der Waals surface area contributed by atoms with Crippen molar-refractivity contribution in [3.05, 3.63) is 60.2 Å². The number of imidazole rings is 1. The zero-order valence-corrected chi connectivity index (χ0v) is 15.2. The van der Waals surface area contributed by atoms with Gasteiger partial charge in [0.15, 0.2) is 11.5 Å². The Kier molecular flexibility index (Phi) is 4.50. The fourth-order valence-electron chi connectivity index (χ4n) is 3.08. The number of aromatic nitrogens is 4. The van der Waals surface area contributed by atoms with Crippen molar-refractivity contribution in [2.45, 2.75) is 26.3 Å². The van der Waals surface area contributed by atoms with Crippen LogP contribution in [0.1, 0.15) is 42.6 Å². The van der Waals surface area contributed by atoms with Gasteiger partial charge in [-0.1, -0.05) is 26.0 Å².